The zero-order chi connectivity index (χ0) is 26.5. The number of benzene rings is 3. The first kappa shape index (κ1) is 14.6. The predicted octanol–water partition coefficient (Wildman–Crippen LogP) is 7.18. The van der Waals surface area contributed by atoms with Crippen molar-refractivity contribution in [3.05, 3.63) is 89.6 Å². The van der Waals surface area contributed by atoms with Crippen molar-refractivity contribution < 1.29 is 15.8 Å². The van der Waals surface area contributed by atoms with Gasteiger partial charge in [-0.15, -0.1) is 0 Å². The second kappa shape index (κ2) is 6.80. The Morgan fingerprint density at radius 1 is 0.938 bits per heavy atom. The lowest BCUT2D eigenvalue weighted by molar-refractivity contribution is -0.660. The third-order valence-electron chi connectivity index (χ3n) is 6.31. The molecule has 2 aromatic heterocycles. The summed E-state index contributed by atoms with van der Waals surface area (Å²) >= 11 is 0. The van der Waals surface area contributed by atoms with Gasteiger partial charge in [-0.1, -0.05) is 62.4 Å². The number of para-hydroxylation sites is 1. The van der Waals surface area contributed by atoms with E-state index in [0.29, 0.717) is 28.3 Å². The highest BCUT2D eigenvalue weighted by Gasteiger charge is 2.28. The van der Waals surface area contributed by atoms with Crippen molar-refractivity contribution in [2.45, 2.75) is 33.5 Å². The molecule has 0 bridgehead atoms. The van der Waals surface area contributed by atoms with E-state index in [1.807, 2.05) is 73.3 Å². The van der Waals surface area contributed by atoms with Crippen LogP contribution in [0.4, 0.5) is 0 Å². The lowest BCUT2D eigenvalue weighted by atomic mass is 9.90. The van der Waals surface area contributed by atoms with Crippen LogP contribution in [0.2, 0.25) is 0 Å². The summed E-state index contributed by atoms with van der Waals surface area (Å²) in [7, 11) is 1.99. The molecule has 1 aliphatic carbocycles. The topological polar surface area (TPSA) is 17.0 Å². The summed E-state index contributed by atoms with van der Waals surface area (Å²) in [4.78, 5) is 0. The second-order valence-corrected chi connectivity index (χ2v) is 9.17. The lowest BCUT2D eigenvalue weighted by Crippen LogP contribution is -2.30. The Labute approximate surface area is 196 Å². The van der Waals surface area contributed by atoms with Gasteiger partial charge in [0.25, 0.3) is 0 Å². The molecule has 2 heteroatoms. The van der Waals surface area contributed by atoms with Gasteiger partial charge in [-0.25, -0.2) is 4.57 Å². The van der Waals surface area contributed by atoms with E-state index in [2.05, 4.69) is 0 Å². The number of pyridine rings is 1. The summed E-state index contributed by atoms with van der Waals surface area (Å²) in [5.41, 5.74) is 5.28. The van der Waals surface area contributed by atoms with Crippen molar-refractivity contribution in [3.8, 4) is 22.4 Å². The van der Waals surface area contributed by atoms with Gasteiger partial charge >= 0.3 is 0 Å². The fourth-order valence-corrected chi connectivity index (χ4v) is 4.83. The normalized spacial score (nSPS) is 20.3. The highest BCUT2D eigenvalue weighted by atomic mass is 16.3. The molecule has 0 radical (unpaired) electrons. The summed E-state index contributed by atoms with van der Waals surface area (Å²) in [6.45, 7) is 5.29. The SMILES string of the molecule is [2H]c1cc(C)c(-c2cccc[n+]2C)c2oc3c(-c4ccc5c(c4)C([2H])([2H])C(C)(C)C5([2H])[2H])cccc3c12. The van der Waals surface area contributed by atoms with Crippen LogP contribution in [0.3, 0.4) is 0 Å². The Morgan fingerprint density at radius 2 is 1.78 bits per heavy atom. The molecule has 1 aliphatic rings. The molecule has 2 heterocycles. The van der Waals surface area contributed by atoms with Crippen LogP contribution in [0.15, 0.2) is 77.3 Å². The van der Waals surface area contributed by atoms with Crippen LogP contribution in [-0.4, -0.2) is 0 Å². The minimum atomic E-state index is -1.84. The van der Waals surface area contributed by atoms with E-state index in [9.17, 15) is 0 Å². The zero-order valence-corrected chi connectivity index (χ0v) is 18.7. The molecule has 0 saturated carbocycles. The number of hydrogen-bond donors (Lipinski definition) is 0. The summed E-state index contributed by atoms with van der Waals surface area (Å²) < 4.78 is 52.3. The van der Waals surface area contributed by atoms with Gasteiger partial charge in [-0.2, -0.15) is 0 Å². The van der Waals surface area contributed by atoms with Gasteiger partial charge < -0.3 is 4.42 Å². The molecule has 0 aliphatic heterocycles. The molecular weight excluding hydrogens is 390 g/mol. The molecule has 2 nitrogen and oxygen atoms in total. The summed E-state index contributed by atoms with van der Waals surface area (Å²) in [5.74, 6) is 0. The molecule has 0 fully saturated rings. The van der Waals surface area contributed by atoms with Gasteiger partial charge in [-0.05, 0) is 53.4 Å². The van der Waals surface area contributed by atoms with Gasteiger partial charge in [0.05, 0.1) is 6.93 Å². The van der Waals surface area contributed by atoms with Crippen LogP contribution in [0.25, 0.3) is 44.3 Å². The third-order valence-corrected chi connectivity index (χ3v) is 6.31. The molecule has 158 valence electrons. The molecule has 3 aromatic carbocycles. The van der Waals surface area contributed by atoms with Crippen molar-refractivity contribution in [1.82, 2.24) is 0 Å². The number of fused-ring (bicyclic) bond motifs is 4. The smallest absolute Gasteiger partial charge is 0.216 e. The van der Waals surface area contributed by atoms with Crippen molar-refractivity contribution in [2.75, 3.05) is 0 Å². The Hall–Kier alpha value is -3.39. The zero-order valence-electron chi connectivity index (χ0n) is 23.7. The number of rotatable bonds is 2. The largest absolute Gasteiger partial charge is 0.454 e. The van der Waals surface area contributed by atoms with Crippen LogP contribution in [0.5, 0.6) is 0 Å². The Bertz CT molecular complexity index is 1750. The molecule has 0 saturated heterocycles. The maximum atomic E-state index is 8.81. The number of furan rings is 1. The molecular formula is C30H28NO+. The van der Waals surface area contributed by atoms with E-state index in [1.54, 1.807) is 26.0 Å². The molecule has 0 unspecified atom stereocenters. The molecule has 0 atom stereocenters. The lowest BCUT2D eigenvalue weighted by Gasteiger charge is -2.14. The van der Waals surface area contributed by atoms with Crippen LogP contribution < -0.4 is 4.57 Å². The van der Waals surface area contributed by atoms with Crippen LogP contribution in [0, 0.1) is 12.3 Å². The highest BCUT2D eigenvalue weighted by Crippen LogP contribution is 2.42. The standard InChI is InChI=1S/C30H28NO/c1-19-11-14-25-24-9-7-8-23(20-12-13-21-17-30(2,3)18-22(21)16-20)28(24)32-29(25)27(19)26-10-5-6-15-31(26)4/h5-16H,17-18H2,1-4H3/q+1/i14D,17D2,18D2. The number of nitrogens with zero attached hydrogens (tertiary/aromatic N) is 1. The average Bonchev–Trinajstić information content (AvgIpc) is 3.28. The molecule has 0 amide bonds. The Balaban J connectivity index is 1.65. The Morgan fingerprint density at radius 3 is 2.62 bits per heavy atom. The predicted molar refractivity (Wildman–Crippen MR) is 132 cm³/mol. The van der Waals surface area contributed by atoms with Crippen molar-refractivity contribution >= 4 is 21.9 Å². The summed E-state index contributed by atoms with van der Waals surface area (Å²) in [6.07, 6.45) is -1.65. The van der Waals surface area contributed by atoms with Crippen LogP contribution in [-0.2, 0) is 19.8 Å². The molecule has 5 aromatic rings. The fraction of sp³-hybridized carbons (Fsp3) is 0.233. The second-order valence-electron chi connectivity index (χ2n) is 9.17. The quantitative estimate of drug-likeness (QED) is 0.275. The van der Waals surface area contributed by atoms with E-state index >= 15 is 0 Å². The van der Waals surface area contributed by atoms with E-state index in [1.165, 1.54) is 0 Å². The van der Waals surface area contributed by atoms with Crippen LogP contribution >= 0.6 is 0 Å². The monoisotopic (exact) mass is 423 g/mol. The van der Waals surface area contributed by atoms with Crippen molar-refractivity contribution in [3.63, 3.8) is 0 Å². The van der Waals surface area contributed by atoms with Gasteiger partial charge in [0.15, 0.2) is 6.20 Å². The van der Waals surface area contributed by atoms with Gasteiger partial charge in [-0.3, -0.25) is 0 Å². The van der Waals surface area contributed by atoms with E-state index in [0.717, 1.165) is 38.7 Å². The Kier molecular flexibility index (Phi) is 3.11. The first-order valence-electron chi connectivity index (χ1n) is 13.4. The van der Waals surface area contributed by atoms with Crippen molar-refractivity contribution in [1.29, 1.82) is 0 Å². The summed E-state index contributed by atoms with van der Waals surface area (Å²) in [6, 6.07) is 19.4. The first-order chi connectivity index (χ1) is 17.4. The van der Waals surface area contributed by atoms with Gasteiger partial charge in [0.2, 0.25) is 5.69 Å². The summed E-state index contributed by atoms with van der Waals surface area (Å²) in [5, 5.41) is 1.58. The van der Waals surface area contributed by atoms with E-state index in [4.69, 9.17) is 11.3 Å². The average molecular weight is 424 g/mol. The number of hydrogen-bond acceptors (Lipinski definition) is 1. The maximum Gasteiger partial charge on any atom is 0.216 e. The molecule has 0 spiro atoms. The van der Waals surface area contributed by atoms with Crippen LogP contribution in [0.1, 0.15) is 37.4 Å². The highest BCUT2D eigenvalue weighted by molar-refractivity contribution is 6.13. The number of aryl methyl sites for hydroxylation is 2. The van der Waals surface area contributed by atoms with E-state index in [-0.39, 0.29) is 0 Å². The van der Waals surface area contributed by atoms with Gasteiger partial charge in [0.1, 0.15) is 18.2 Å². The van der Waals surface area contributed by atoms with E-state index < -0.39 is 18.2 Å². The van der Waals surface area contributed by atoms with Gasteiger partial charge in [0, 0.05) is 34.0 Å². The minimum Gasteiger partial charge on any atom is -0.454 e. The number of aromatic nitrogens is 1. The van der Waals surface area contributed by atoms with Crippen molar-refractivity contribution in [2.24, 2.45) is 12.5 Å². The minimum absolute atomic E-state index is 0.377. The maximum absolute atomic E-state index is 8.81. The first-order valence-corrected chi connectivity index (χ1v) is 10.9. The molecule has 6 rings (SSSR count). The molecule has 0 N–H and O–H groups in total. The molecule has 32 heavy (non-hydrogen) atoms. The fourth-order valence-electron chi connectivity index (χ4n) is 4.83. The third kappa shape index (κ3) is 2.90.